The summed E-state index contributed by atoms with van der Waals surface area (Å²) in [5, 5.41) is 4.14. The minimum absolute atomic E-state index is 0.631. The van der Waals surface area contributed by atoms with Crippen LogP contribution in [0.15, 0.2) is 12.1 Å². The summed E-state index contributed by atoms with van der Waals surface area (Å²) in [6.45, 7) is 5.49. The molecule has 1 aliphatic heterocycles. The van der Waals surface area contributed by atoms with Crippen molar-refractivity contribution >= 4 is 23.0 Å². The summed E-state index contributed by atoms with van der Waals surface area (Å²) in [5.41, 5.74) is 8.69. The van der Waals surface area contributed by atoms with Crippen LogP contribution in [0.3, 0.4) is 0 Å². The molecule has 1 heterocycles. The highest BCUT2D eigenvalue weighted by molar-refractivity contribution is 6.33. The van der Waals surface area contributed by atoms with Crippen molar-refractivity contribution in [2.24, 2.45) is 5.92 Å². The number of anilines is 2. The number of hydrogen-bond donors (Lipinski definition) is 2. The Morgan fingerprint density at radius 3 is 2.72 bits per heavy atom. The van der Waals surface area contributed by atoms with E-state index in [0.29, 0.717) is 10.7 Å². The molecule has 0 atom stereocenters. The van der Waals surface area contributed by atoms with E-state index in [9.17, 15) is 0 Å². The third-order valence-electron chi connectivity index (χ3n) is 3.76. The smallest absolute Gasteiger partial charge is 0.0656 e. The van der Waals surface area contributed by atoms with Crippen molar-refractivity contribution < 1.29 is 0 Å². The molecule has 0 aliphatic carbocycles. The lowest BCUT2D eigenvalue weighted by Crippen LogP contribution is -2.33. The second-order valence-corrected chi connectivity index (χ2v) is 5.72. The zero-order valence-electron chi connectivity index (χ0n) is 11.2. The van der Waals surface area contributed by atoms with Crippen LogP contribution in [0, 0.1) is 12.8 Å². The van der Waals surface area contributed by atoms with Crippen LogP contribution in [0.1, 0.15) is 18.4 Å². The van der Waals surface area contributed by atoms with Gasteiger partial charge in [0.05, 0.1) is 10.7 Å². The Morgan fingerprint density at radius 1 is 1.39 bits per heavy atom. The maximum atomic E-state index is 6.05. The SMILES string of the molecule is Cc1cc(N)c(Cl)cc1NCC1CCN(C)CC1. The van der Waals surface area contributed by atoms with Crippen LogP contribution < -0.4 is 11.1 Å². The number of likely N-dealkylation sites (tertiary alicyclic amines) is 1. The molecule has 0 radical (unpaired) electrons. The topological polar surface area (TPSA) is 41.3 Å². The summed E-state index contributed by atoms with van der Waals surface area (Å²) in [6.07, 6.45) is 2.54. The van der Waals surface area contributed by atoms with Crippen molar-refractivity contribution in [3.8, 4) is 0 Å². The first-order chi connectivity index (χ1) is 8.56. The molecule has 100 valence electrons. The van der Waals surface area contributed by atoms with E-state index in [0.717, 1.165) is 23.7 Å². The predicted molar refractivity (Wildman–Crippen MR) is 79.3 cm³/mol. The summed E-state index contributed by atoms with van der Waals surface area (Å²) in [7, 11) is 2.19. The summed E-state index contributed by atoms with van der Waals surface area (Å²) in [5.74, 6) is 0.761. The van der Waals surface area contributed by atoms with Crippen LogP contribution in [0.2, 0.25) is 5.02 Å². The van der Waals surface area contributed by atoms with Gasteiger partial charge in [-0.15, -0.1) is 0 Å². The second kappa shape index (κ2) is 5.81. The summed E-state index contributed by atoms with van der Waals surface area (Å²) in [6, 6.07) is 3.86. The number of rotatable bonds is 3. The van der Waals surface area contributed by atoms with Gasteiger partial charge in [-0.3, -0.25) is 0 Å². The van der Waals surface area contributed by atoms with Crippen molar-refractivity contribution in [2.45, 2.75) is 19.8 Å². The Labute approximate surface area is 114 Å². The Bertz CT molecular complexity index is 412. The van der Waals surface area contributed by atoms with Gasteiger partial charge in [0, 0.05) is 12.2 Å². The van der Waals surface area contributed by atoms with E-state index in [2.05, 4.69) is 24.2 Å². The monoisotopic (exact) mass is 267 g/mol. The Kier molecular flexibility index (Phi) is 4.36. The van der Waals surface area contributed by atoms with Gasteiger partial charge in [-0.1, -0.05) is 11.6 Å². The van der Waals surface area contributed by atoms with Gasteiger partial charge in [-0.2, -0.15) is 0 Å². The minimum atomic E-state index is 0.631. The molecule has 0 saturated carbocycles. The normalized spacial score (nSPS) is 17.9. The van der Waals surface area contributed by atoms with Crippen LogP contribution in [-0.2, 0) is 0 Å². The quantitative estimate of drug-likeness (QED) is 0.828. The van der Waals surface area contributed by atoms with E-state index in [1.54, 1.807) is 0 Å². The van der Waals surface area contributed by atoms with Crippen LogP contribution in [0.25, 0.3) is 0 Å². The predicted octanol–water partition coefficient (Wildman–Crippen LogP) is 2.98. The van der Waals surface area contributed by atoms with Gasteiger partial charge < -0.3 is 16.0 Å². The minimum Gasteiger partial charge on any atom is -0.398 e. The highest BCUT2D eigenvalue weighted by Crippen LogP contribution is 2.27. The van der Waals surface area contributed by atoms with Crippen molar-refractivity contribution in [2.75, 3.05) is 37.7 Å². The highest BCUT2D eigenvalue weighted by Gasteiger charge is 2.16. The largest absolute Gasteiger partial charge is 0.398 e. The molecule has 0 bridgehead atoms. The molecule has 2 rings (SSSR count). The third-order valence-corrected chi connectivity index (χ3v) is 4.09. The first kappa shape index (κ1) is 13.5. The van der Waals surface area contributed by atoms with Gasteiger partial charge in [0.15, 0.2) is 0 Å². The van der Waals surface area contributed by atoms with Crippen molar-refractivity contribution in [3.63, 3.8) is 0 Å². The highest BCUT2D eigenvalue weighted by atomic mass is 35.5. The number of halogens is 1. The van der Waals surface area contributed by atoms with E-state index in [1.807, 2.05) is 12.1 Å². The summed E-state index contributed by atoms with van der Waals surface area (Å²) < 4.78 is 0. The molecule has 18 heavy (non-hydrogen) atoms. The van der Waals surface area contributed by atoms with E-state index in [-0.39, 0.29) is 0 Å². The number of benzene rings is 1. The number of nitrogens with two attached hydrogens (primary N) is 1. The lowest BCUT2D eigenvalue weighted by Gasteiger charge is -2.29. The molecule has 0 amide bonds. The molecule has 1 fully saturated rings. The zero-order chi connectivity index (χ0) is 13.1. The number of nitrogens with zero attached hydrogens (tertiary/aromatic N) is 1. The molecule has 1 aromatic carbocycles. The van der Waals surface area contributed by atoms with Crippen molar-refractivity contribution in [3.05, 3.63) is 22.7 Å². The van der Waals surface area contributed by atoms with E-state index >= 15 is 0 Å². The molecule has 3 N–H and O–H groups in total. The van der Waals surface area contributed by atoms with E-state index in [4.69, 9.17) is 17.3 Å². The maximum Gasteiger partial charge on any atom is 0.0656 e. The van der Waals surface area contributed by atoms with Crippen LogP contribution >= 0.6 is 11.6 Å². The average Bonchev–Trinajstić information content (AvgIpc) is 2.34. The summed E-state index contributed by atoms with van der Waals surface area (Å²) in [4.78, 5) is 2.39. The zero-order valence-corrected chi connectivity index (χ0v) is 11.9. The molecule has 1 saturated heterocycles. The molecule has 0 spiro atoms. The van der Waals surface area contributed by atoms with Crippen LogP contribution in [-0.4, -0.2) is 31.6 Å². The van der Waals surface area contributed by atoms with Gasteiger partial charge in [-0.05, 0) is 63.5 Å². The first-order valence-corrected chi connectivity index (χ1v) is 6.92. The van der Waals surface area contributed by atoms with Crippen molar-refractivity contribution in [1.29, 1.82) is 0 Å². The van der Waals surface area contributed by atoms with Gasteiger partial charge in [0.1, 0.15) is 0 Å². The maximum absolute atomic E-state index is 6.05. The Morgan fingerprint density at radius 2 is 2.06 bits per heavy atom. The molecular weight excluding hydrogens is 246 g/mol. The van der Waals surface area contributed by atoms with Crippen molar-refractivity contribution in [1.82, 2.24) is 4.90 Å². The van der Waals surface area contributed by atoms with Gasteiger partial charge in [-0.25, -0.2) is 0 Å². The summed E-state index contributed by atoms with van der Waals surface area (Å²) >= 11 is 6.05. The molecule has 1 aromatic rings. The number of nitrogen functional groups attached to an aromatic ring is 1. The van der Waals surface area contributed by atoms with Gasteiger partial charge in [0.2, 0.25) is 0 Å². The lowest BCUT2D eigenvalue weighted by molar-refractivity contribution is 0.226. The molecule has 3 nitrogen and oxygen atoms in total. The van der Waals surface area contributed by atoms with E-state index in [1.165, 1.54) is 25.9 Å². The van der Waals surface area contributed by atoms with Gasteiger partial charge >= 0.3 is 0 Å². The average molecular weight is 268 g/mol. The number of aryl methyl sites for hydroxylation is 1. The standard InChI is InChI=1S/C14H22ClN3/c1-10-7-13(16)12(15)8-14(10)17-9-11-3-5-18(2)6-4-11/h7-8,11,17H,3-6,9,16H2,1-2H3. The molecule has 0 unspecified atom stereocenters. The second-order valence-electron chi connectivity index (χ2n) is 5.32. The van der Waals surface area contributed by atoms with Crippen LogP contribution in [0.4, 0.5) is 11.4 Å². The van der Waals surface area contributed by atoms with Crippen LogP contribution in [0.5, 0.6) is 0 Å². The number of hydrogen-bond acceptors (Lipinski definition) is 3. The van der Waals surface area contributed by atoms with E-state index < -0.39 is 0 Å². The Hall–Kier alpha value is -0.930. The Balaban J connectivity index is 1.92. The molecular formula is C14H22ClN3. The third kappa shape index (κ3) is 3.30. The molecule has 0 aromatic heterocycles. The first-order valence-electron chi connectivity index (χ1n) is 6.54. The molecule has 4 heteroatoms. The van der Waals surface area contributed by atoms with Gasteiger partial charge in [0.25, 0.3) is 0 Å². The molecule has 1 aliphatic rings. The fourth-order valence-corrected chi connectivity index (χ4v) is 2.58. The number of piperidine rings is 1. The lowest BCUT2D eigenvalue weighted by atomic mass is 9.97. The fraction of sp³-hybridized carbons (Fsp3) is 0.571. The number of nitrogens with one attached hydrogen (secondary N) is 1. The fourth-order valence-electron chi connectivity index (χ4n) is 2.41.